The molecule has 3 heterocycles. The molecular formula is C21H26N4O2. The van der Waals surface area contributed by atoms with Gasteiger partial charge in [0.2, 0.25) is 0 Å². The minimum absolute atomic E-state index is 0.0808. The fourth-order valence-corrected chi connectivity index (χ4v) is 3.70. The van der Waals surface area contributed by atoms with Gasteiger partial charge in [0.25, 0.3) is 5.91 Å². The summed E-state index contributed by atoms with van der Waals surface area (Å²) in [5.74, 6) is -0.0808. The van der Waals surface area contributed by atoms with E-state index in [1.54, 1.807) is 6.20 Å². The Hall–Kier alpha value is -2.60. The lowest BCUT2D eigenvalue weighted by Gasteiger charge is -2.37. The number of aromatic nitrogens is 1. The number of pyridine rings is 1. The SMILES string of the molecule is O=C(NCC1CCCO1)c1cncc(N2CCN(c3ccccc3)CC2)c1. The molecule has 0 aliphatic carbocycles. The Morgan fingerprint density at radius 2 is 1.81 bits per heavy atom. The molecule has 2 aliphatic rings. The lowest BCUT2D eigenvalue weighted by atomic mass is 10.2. The van der Waals surface area contributed by atoms with Gasteiger partial charge in [0.05, 0.1) is 23.6 Å². The van der Waals surface area contributed by atoms with Gasteiger partial charge in [-0.05, 0) is 31.0 Å². The highest BCUT2D eigenvalue weighted by Gasteiger charge is 2.20. The first-order valence-corrected chi connectivity index (χ1v) is 9.69. The number of nitrogens with one attached hydrogen (secondary N) is 1. The summed E-state index contributed by atoms with van der Waals surface area (Å²) in [5.41, 5.74) is 2.88. The molecule has 2 saturated heterocycles. The maximum Gasteiger partial charge on any atom is 0.253 e. The molecule has 0 bridgehead atoms. The van der Waals surface area contributed by atoms with Gasteiger partial charge in [-0.15, -0.1) is 0 Å². The largest absolute Gasteiger partial charge is 0.376 e. The van der Waals surface area contributed by atoms with E-state index in [1.165, 1.54) is 5.69 Å². The molecule has 27 heavy (non-hydrogen) atoms. The van der Waals surface area contributed by atoms with Crippen LogP contribution >= 0.6 is 0 Å². The maximum absolute atomic E-state index is 12.4. The lowest BCUT2D eigenvalue weighted by molar-refractivity contribution is 0.0857. The smallest absolute Gasteiger partial charge is 0.253 e. The van der Waals surface area contributed by atoms with Crippen molar-refractivity contribution in [1.82, 2.24) is 10.3 Å². The third-order valence-corrected chi connectivity index (χ3v) is 5.27. The number of piperazine rings is 1. The van der Waals surface area contributed by atoms with E-state index < -0.39 is 0 Å². The summed E-state index contributed by atoms with van der Waals surface area (Å²) in [5, 5.41) is 2.97. The van der Waals surface area contributed by atoms with Gasteiger partial charge in [0.15, 0.2) is 0 Å². The quantitative estimate of drug-likeness (QED) is 0.880. The molecule has 2 fully saturated rings. The van der Waals surface area contributed by atoms with Crippen molar-refractivity contribution in [1.29, 1.82) is 0 Å². The van der Waals surface area contributed by atoms with Gasteiger partial charge in [-0.3, -0.25) is 9.78 Å². The van der Waals surface area contributed by atoms with E-state index >= 15 is 0 Å². The number of nitrogens with zero attached hydrogens (tertiary/aromatic N) is 3. The molecule has 142 valence electrons. The van der Waals surface area contributed by atoms with Crippen molar-refractivity contribution in [2.24, 2.45) is 0 Å². The summed E-state index contributed by atoms with van der Waals surface area (Å²) in [7, 11) is 0. The Labute approximate surface area is 160 Å². The number of para-hydroxylation sites is 1. The van der Waals surface area contributed by atoms with E-state index in [4.69, 9.17) is 4.74 Å². The van der Waals surface area contributed by atoms with Crippen molar-refractivity contribution >= 4 is 17.3 Å². The van der Waals surface area contributed by atoms with Crippen LogP contribution in [0.5, 0.6) is 0 Å². The molecule has 1 amide bonds. The summed E-state index contributed by atoms with van der Waals surface area (Å²) in [6, 6.07) is 12.4. The van der Waals surface area contributed by atoms with Gasteiger partial charge < -0.3 is 19.9 Å². The molecule has 4 rings (SSSR count). The van der Waals surface area contributed by atoms with Gasteiger partial charge in [-0.1, -0.05) is 18.2 Å². The van der Waals surface area contributed by atoms with Crippen LogP contribution in [0.4, 0.5) is 11.4 Å². The normalized spacial score (nSPS) is 19.9. The number of hydrogen-bond acceptors (Lipinski definition) is 5. The summed E-state index contributed by atoms with van der Waals surface area (Å²) in [6.45, 7) is 5.11. The average Bonchev–Trinajstić information content (AvgIpc) is 3.27. The minimum Gasteiger partial charge on any atom is -0.376 e. The van der Waals surface area contributed by atoms with Crippen molar-refractivity contribution in [2.75, 3.05) is 49.1 Å². The van der Waals surface area contributed by atoms with Crippen LogP contribution in [0.25, 0.3) is 0 Å². The molecule has 1 aromatic heterocycles. The number of benzene rings is 1. The van der Waals surface area contributed by atoms with Crippen LogP contribution in [-0.2, 0) is 4.74 Å². The second kappa shape index (κ2) is 8.39. The first-order valence-electron chi connectivity index (χ1n) is 9.69. The summed E-state index contributed by atoms with van der Waals surface area (Å²) in [4.78, 5) is 21.4. The van der Waals surface area contributed by atoms with Crippen LogP contribution in [0.2, 0.25) is 0 Å². The maximum atomic E-state index is 12.4. The van der Waals surface area contributed by atoms with Gasteiger partial charge in [0, 0.05) is 51.2 Å². The predicted octanol–water partition coefficient (Wildman–Crippen LogP) is 2.32. The van der Waals surface area contributed by atoms with Crippen molar-refractivity contribution in [3.63, 3.8) is 0 Å². The van der Waals surface area contributed by atoms with Crippen LogP contribution in [-0.4, -0.2) is 56.3 Å². The average molecular weight is 366 g/mol. The molecule has 2 aliphatic heterocycles. The molecule has 0 radical (unpaired) electrons. The highest BCUT2D eigenvalue weighted by molar-refractivity contribution is 5.94. The van der Waals surface area contributed by atoms with Crippen LogP contribution in [0, 0.1) is 0 Å². The van der Waals surface area contributed by atoms with E-state index in [2.05, 4.69) is 44.4 Å². The minimum atomic E-state index is -0.0808. The van der Waals surface area contributed by atoms with Crippen LogP contribution in [0.15, 0.2) is 48.8 Å². The summed E-state index contributed by atoms with van der Waals surface area (Å²) < 4.78 is 5.56. The molecule has 6 nitrogen and oxygen atoms in total. The standard InChI is InChI=1S/C21H26N4O2/c26-21(23-16-20-7-4-12-27-20)17-13-19(15-22-14-17)25-10-8-24(9-11-25)18-5-2-1-3-6-18/h1-3,5-6,13-15,20H,4,7-12,16H2,(H,23,26). The van der Waals surface area contributed by atoms with Crippen molar-refractivity contribution < 1.29 is 9.53 Å². The highest BCUT2D eigenvalue weighted by atomic mass is 16.5. The van der Waals surface area contributed by atoms with E-state index in [1.807, 2.05) is 18.3 Å². The number of carbonyl (C=O) groups excluding carboxylic acids is 1. The zero-order chi connectivity index (χ0) is 18.5. The Morgan fingerprint density at radius 1 is 1.07 bits per heavy atom. The van der Waals surface area contributed by atoms with E-state index in [-0.39, 0.29) is 12.0 Å². The lowest BCUT2D eigenvalue weighted by Crippen LogP contribution is -2.46. The van der Waals surface area contributed by atoms with Crippen molar-refractivity contribution in [2.45, 2.75) is 18.9 Å². The molecule has 1 unspecified atom stereocenters. The van der Waals surface area contributed by atoms with Crippen LogP contribution in [0.3, 0.4) is 0 Å². The fraction of sp³-hybridized carbons (Fsp3) is 0.429. The number of ether oxygens (including phenoxy) is 1. The summed E-state index contributed by atoms with van der Waals surface area (Å²) in [6.07, 6.45) is 5.72. The molecular weight excluding hydrogens is 340 g/mol. The zero-order valence-electron chi connectivity index (χ0n) is 15.5. The third kappa shape index (κ3) is 4.39. The zero-order valence-corrected chi connectivity index (χ0v) is 15.5. The van der Waals surface area contributed by atoms with E-state index in [0.717, 1.165) is 51.3 Å². The number of carbonyl (C=O) groups is 1. The van der Waals surface area contributed by atoms with E-state index in [0.29, 0.717) is 12.1 Å². The second-order valence-electron chi connectivity index (χ2n) is 7.09. The number of amides is 1. The number of hydrogen-bond donors (Lipinski definition) is 1. The Kier molecular flexibility index (Phi) is 5.53. The molecule has 1 N–H and O–H groups in total. The van der Waals surface area contributed by atoms with Gasteiger partial charge >= 0.3 is 0 Å². The van der Waals surface area contributed by atoms with Gasteiger partial charge in [-0.25, -0.2) is 0 Å². The van der Waals surface area contributed by atoms with Crippen molar-refractivity contribution in [3.8, 4) is 0 Å². The van der Waals surface area contributed by atoms with E-state index in [9.17, 15) is 4.79 Å². The predicted molar refractivity (Wildman–Crippen MR) is 106 cm³/mol. The fourth-order valence-electron chi connectivity index (χ4n) is 3.70. The van der Waals surface area contributed by atoms with Crippen LogP contribution in [0.1, 0.15) is 23.2 Å². The molecule has 0 spiro atoms. The van der Waals surface area contributed by atoms with Crippen molar-refractivity contribution in [3.05, 3.63) is 54.4 Å². The summed E-state index contributed by atoms with van der Waals surface area (Å²) >= 11 is 0. The second-order valence-corrected chi connectivity index (χ2v) is 7.09. The van der Waals surface area contributed by atoms with Gasteiger partial charge in [-0.2, -0.15) is 0 Å². The van der Waals surface area contributed by atoms with Gasteiger partial charge in [0.1, 0.15) is 0 Å². The topological polar surface area (TPSA) is 57.7 Å². The molecule has 0 saturated carbocycles. The number of rotatable bonds is 5. The molecule has 1 atom stereocenters. The van der Waals surface area contributed by atoms with Crippen LogP contribution < -0.4 is 15.1 Å². The number of anilines is 2. The third-order valence-electron chi connectivity index (χ3n) is 5.27. The highest BCUT2D eigenvalue weighted by Crippen LogP contribution is 2.20. The first-order chi connectivity index (χ1) is 13.3. The Morgan fingerprint density at radius 3 is 2.52 bits per heavy atom. The molecule has 1 aromatic carbocycles. The molecule has 2 aromatic rings. The Bertz CT molecular complexity index is 754. The monoisotopic (exact) mass is 366 g/mol. The Balaban J connectivity index is 1.34. The molecule has 6 heteroatoms. The first kappa shape index (κ1) is 17.8.